The first-order valence-corrected chi connectivity index (χ1v) is 9.56. The number of carbonyl (C=O) groups is 2. The van der Waals surface area contributed by atoms with Gasteiger partial charge in [-0.3, -0.25) is 14.9 Å². The number of non-ortho nitro benzene ring substituents is 1. The van der Waals surface area contributed by atoms with Gasteiger partial charge in [0.15, 0.2) is 4.84 Å². The van der Waals surface area contributed by atoms with Crippen molar-refractivity contribution in [2.24, 2.45) is 0 Å². The number of nitrogens with one attached hydrogen (secondary N) is 1. The van der Waals surface area contributed by atoms with Gasteiger partial charge in [0.05, 0.1) is 11.0 Å². The average molecular weight is 453 g/mol. The molecule has 2 aromatic carbocycles. The van der Waals surface area contributed by atoms with Crippen LogP contribution in [0.15, 0.2) is 60.7 Å². The number of aliphatic hydroxyl groups excluding tert-OH is 1. The van der Waals surface area contributed by atoms with E-state index >= 15 is 0 Å². The molecule has 0 heterocycles. The third-order valence-electron chi connectivity index (χ3n) is 3.97. The molecule has 8 nitrogen and oxygen atoms in total. The monoisotopic (exact) mass is 452 g/mol. The normalized spacial score (nSPS) is 13.1. The summed E-state index contributed by atoms with van der Waals surface area (Å²) in [7, 11) is 0. The lowest BCUT2D eigenvalue weighted by molar-refractivity contribution is -0.384. The minimum absolute atomic E-state index is 0.161. The fourth-order valence-corrected chi connectivity index (χ4v) is 2.56. The Kier molecular flexibility index (Phi) is 8.79. The molecule has 0 aliphatic rings. The Morgan fingerprint density at radius 1 is 1.13 bits per heavy atom. The van der Waals surface area contributed by atoms with Gasteiger partial charge in [-0.2, -0.15) is 0 Å². The van der Waals surface area contributed by atoms with E-state index in [0.717, 1.165) is 5.56 Å². The lowest BCUT2D eigenvalue weighted by Gasteiger charge is -2.24. The first-order chi connectivity index (χ1) is 14.3. The van der Waals surface area contributed by atoms with Crippen LogP contribution in [-0.4, -0.2) is 39.4 Å². The van der Waals surface area contributed by atoms with E-state index in [9.17, 15) is 24.8 Å². The lowest BCUT2D eigenvalue weighted by atomic mass is 10.0. The van der Waals surface area contributed by atoms with Gasteiger partial charge in [-0.25, -0.2) is 4.79 Å². The van der Waals surface area contributed by atoms with Crippen molar-refractivity contribution >= 4 is 46.8 Å². The topological polar surface area (TPSA) is 119 Å². The summed E-state index contributed by atoms with van der Waals surface area (Å²) in [6, 6.07) is 13.0. The molecule has 0 saturated carbocycles. The van der Waals surface area contributed by atoms with E-state index in [1.54, 1.807) is 18.2 Å². The molecule has 0 unspecified atom stereocenters. The van der Waals surface area contributed by atoms with Gasteiger partial charge in [0, 0.05) is 18.2 Å². The second-order valence-electron chi connectivity index (χ2n) is 6.08. The van der Waals surface area contributed by atoms with E-state index in [1.165, 1.54) is 30.3 Å². The number of rotatable bonds is 9. The van der Waals surface area contributed by atoms with Crippen molar-refractivity contribution in [2.45, 2.75) is 17.0 Å². The first kappa shape index (κ1) is 23.3. The van der Waals surface area contributed by atoms with Gasteiger partial charge in [0.2, 0.25) is 0 Å². The van der Waals surface area contributed by atoms with Crippen molar-refractivity contribution in [3.05, 3.63) is 81.9 Å². The van der Waals surface area contributed by atoms with Crippen LogP contribution in [0.5, 0.6) is 0 Å². The summed E-state index contributed by atoms with van der Waals surface area (Å²) in [5, 5.41) is 23.7. The Morgan fingerprint density at radius 3 is 2.33 bits per heavy atom. The zero-order valence-electron chi connectivity index (χ0n) is 15.5. The number of nitro groups is 1. The van der Waals surface area contributed by atoms with Gasteiger partial charge in [-0.15, -0.1) is 0 Å². The maximum Gasteiger partial charge on any atom is 0.330 e. The molecular weight excluding hydrogens is 435 g/mol. The molecule has 2 N–H and O–H groups in total. The number of aliphatic hydroxyl groups is 1. The summed E-state index contributed by atoms with van der Waals surface area (Å²) in [5.41, 5.74) is 0.894. The fourth-order valence-electron chi connectivity index (χ4n) is 2.43. The Balaban J connectivity index is 2.08. The van der Waals surface area contributed by atoms with Crippen molar-refractivity contribution < 1.29 is 24.4 Å². The molecule has 0 aliphatic carbocycles. The molecule has 0 spiro atoms. The Hall–Kier alpha value is -2.94. The lowest BCUT2D eigenvalue weighted by Crippen LogP contribution is -2.45. The van der Waals surface area contributed by atoms with E-state index in [4.69, 9.17) is 27.9 Å². The predicted octanol–water partition coefficient (Wildman–Crippen LogP) is 3.17. The van der Waals surface area contributed by atoms with E-state index in [-0.39, 0.29) is 17.9 Å². The third-order valence-corrected chi connectivity index (χ3v) is 4.37. The molecule has 1 amide bonds. The van der Waals surface area contributed by atoms with Crippen molar-refractivity contribution in [2.75, 3.05) is 6.61 Å². The Labute approximate surface area is 182 Å². The number of nitrogens with zero attached hydrogens (tertiary/aromatic N) is 1. The number of benzene rings is 2. The molecule has 2 rings (SSSR count). The second-order valence-corrected chi connectivity index (χ2v) is 7.18. The standard InChI is InChI=1S/C20H18Cl2N2O6/c21-19(22)20(27)23-16(18(26)14-7-9-15(10-8-14)24(28)29)12-30-17(25)11-6-13-4-2-1-3-5-13/h1-11,16,18-19,26H,12H2,(H,23,27)/b11-6+/t16-,18-/m1/s1. The molecule has 0 bridgehead atoms. The quantitative estimate of drug-likeness (QED) is 0.198. The highest BCUT2D eigenvalue weighted by Crippen LogP contribution is 2.21. The molecule has 30 heavy (non-hydrogen) atoms. The maximum atomic E-state index is 12.0. The number of hydrogen-bond donors (Lipinski definition) is 2. The first-order valence-electron chi connectivity index (χ1n) is 8.68. The molecular formula is C20H18Cl2N2O6. The number of hydrogen-bond acceptors (Lipinski definition) is 6. The van der Waals surface area contributed by atoms with Crippen molar-refractivity contribution in [1.82, 2.24) is 5.32 Å². The van der Waals surface area contributed by atoms with Crippen LogP contribution in [0.3, 0.4) is 0 Å². The summed E-state index contributed by atoms with van der Waals surface area (Å²) in [4.78, 5) is 32.6. The van der Waals surface area contributed by atoms with Gasteiger partial charge in [-0.1, -0.05) is 53.5 Å². The zero-order chi connectivity index (χ0) is 22.1. The van der Waals surface area contributed by atoms with Crippen LogP contribution >= 0.6 is 23.2 Å². The van der Waals surface area contributed by atoms with E-state index in [1.807, 2.05) is 18.2 Å². The zero-order valence-corrected chi connectivity index (χ0v) is 17.0. The van der Waals surface area contributed by atoms with E-state index in [0.29, 0.717) is 0 Å². The SMILES string of the molecule is O=C(/C=C/c1ccccc1)OC[C@@H](NC(=O)C(Cl)Cl)[C@H](O)c1ccc([N+](=O)[O-])cc1. The molecule has 2 aromatic rings. The van der Waals surface area contributed by atoms with Crippen LogP contribution < -0.4 is 5.32 Å². The largest absolute Gasteiger partial charge is 0.460 e. The molecule has 10 heteroatoms. The van der Waals surface area contributed by atoms with Crippen LogP contribution in [0, 0.1) is 10.1 Å². The van der Waals surface area contributed by atoms with Gasteiger partial charge in [0.25, 0.3) is 11.6 Å². The van der Waals surface area contributed by atoms with Crippen molar-refractivity contribution in [3.63, 3.8) is 0 Å². The van der Waals surface area contributed by atoms with Crippen LogP contribution in [0.4, 0.5) is 5.69 Å². The average Bonchev–Trinajstić information content (AvgIpc) is 2.75. The van der Waals surface area contributed by atoms with Crippen LogP contribution in [0.2, 0.25) is 0 Å². The summed E-state index contributed by atoms with van der Waals surface area (Å²) < 4.78 is 5.12. The van der Waals surface area contributed by atoms with Crippen molar-refractivity contribution in [3.8, 4) is 0 Å². The predicted molar refractivity (Wildman–Crippen MR) is 112 cm³/mol. The summed E-state index contributed by atoms with van der Waals surface area (Å²) in [5.74, 6) is -1.48. The van der Waals surface area contributed by atoms with Gasteiger partial charge < -0.3 is 15.2 Å². The number of halogens is 2. The highest BCUT2D eigenvalue weighted by atomic mass is 35.5. The molecule has 2 atom stereocenters. The number of nitro benzene ring substituents is 1. The van der Waals surface area contributed by atoms with Crippen LogP contribution in [0.1, 0.15) is 17.2 Å². The molecule has 0 aliphatic heterocycles. The molecule has 0 aromatic heterocycles. The second kappa shape index (κ2) is 11.3. The third kappa shape index (κ3) is 7.14. The summed E-state index contributed by atoms with van der Waals surface area (Å²) in [6.45, 7) is -0.387. The molecule has 0 saturated heterocycles. The van der Waals surface area contributed by atoms with E-state index < -0.39 is 33.8 Å². The smallest absolute Gasteiger partial charge is 0.330 e. The van der Waals surface area contributed by atoms with E-state index in [2.05, 4.69) is 5.32 Å². The Bertz CT molecular complexity index is 903. The van der Waals surface area contributed by atoms with Crippen LogP contribution in [-0.2, 0) is 14.3 Å². The number of alkyl halides is 2. The summed E-state index contributed by atoms with van der Waals surface area (Å²) >= 11 is 11.1. The number of amides is 1. The number of carbonyl (C=O) groups excluding carboxylic acids is 2. The summed E-state index contributed by atoms with van der Waals surface area (Å²) in [6.07, 6.45) is 1.42. The van der Waals surface area contributed by atoms with Crippen molar-refractivity contribution in [1.29, 1.82) is 0 Å². The molecule has 0 radical (unpaired) electrons. The molecule has 0 fully saturated rings. The maximum absolute atomic E-state index is 12.0. The highest BCUT2D eigenvalue weighted by molar-refractivity contribution is 6.53. The molecule has 158 valence electrons. The van der Waals surface area contributed by atoms with Crippen LogP contribution in [0.25, 0.3) is 6.08 Å². The van der Waals surface area contributed by atoms with Gasteiger partial charge in [0.1, 0.15) is 12.7 Å². The van der Waals surface area contributed by atoms with Gasteiger partial charge >= 0.3 is 5.97 Å². The minimum Gasteiger partial charge on any atom is -0.460 e. The minimum atomic E-state index is -1.40. The highest BCUT2D eigenvalue weighted by Gasteiger charge is 2.26. The fraction of sp³-hybridized carbons (Fsp3) is 0.200. The number of esters is 1. The number of ether oxygens (including phenoxy) is 1. The Morgan fingerprint density at radius 2 is 1.77 bits per heavy atom. The van der Waals surface area contributed by atoms with Gasteiger partial charge in [-0.05, 0) is 29.3 Å².